The molecule has 0 spiro atoms. The fraction of sp³-hybridized carbons (Fsp3) is 0.219. The summed E-state index contributed by atoms with van der Waals surface area (Å²) in [4.78, 5) is 51.4. The molecule has 1 atom stereocenters. The Morgan fingerprint density at radius 3 is 2.27 bits per heavy atom. The van der Waals surface area contributed by atoms with Crippen LogP contribution in [0.5, 0.6) is 0 Å². The zero-order valence-electron chi connectivity index (χ0n) is 23.2. The highest BCUT2D eigenvalue weighted by atomic mass is 35.5. The van der Waals surface area contributed by atoms with Gasteiger partial charge in [0.25, 0.3) is 5.56 Å². The van der Waals surface area contributed by atoms with E-state index in [-0.39, 0.29) is 12.2 Å². The number of nitrogens with one attached hydrogen (secondary N) is 1. The number of amides is 1. The minimum atomic E-state index is -0.990. The molecular weight excluding hydrogens is 542 g/mol. The van der Waals surface area contributed by atoms with Crippen molar-refractivity contribution < 1.29 is 19.1 Å². The van der Waals surface area contributed by atoms with E-state index in [1.165, 1.54) is 19.2 Å². The molecule has 0 fully saturated rings. The van der Waals surface area contributed by atoms with Crippen molar-refractivity contribution in [1.82, 2.24) is 9.78 Å². The molecule has 0 aliphatic rings. The predicted molar refractivity (Wildman–Crippen MR) is 158 cm³/mol. The number of hydrogen-bond acceptors (Lipinski definition) is 6. The fourth-order valence-corrected chi connectivity index (χ4v) is 4.41. The van der Waals surface area contributed by atoms with Gasteiger partial charge in [-0.3, -0.25) is 14.4 Å². The quantitative estimate of drug-likeness (QED) is 0.201. The molecule has 4 aromatic rings. The van der Waals surface area contributed by atoms with Gasteiger partial charge in [0.1, 0.15) is 11.6 Å². The van der Waals surface area contributed by atoms with Gasteiger partial charge >= 0.3 is 5.97 Å². The molecule has 0 unspecified atom stereocenters. The van der Waals surface area contributed by atoms with Crippen LogP contribution in [0.4, 0.5) is 5.69 Å². The molecule has 8 nitrogen and oxygen atoms in total. The van der Waals surface area contributed by atoms with E-state index in [1.54, 1.807) is 63.2 Å². The molecule has 0 aliphatic carbocycles. The molecule has 0 saturated carbocycles. The van der Waals surface area contributed by atoms with Crippen molar-refractivity contribution in [3.05, 3.63) is 117 Å². The first-order valence-corrected chi connectivity index (χ1v) is 13.4. The lowest BCUT2D eigenvalue weighted by Gasteiger charge is -2.20. The number of carbonyl (C=O) groups is 3. The van der Waals surface area contributed by atoms with E-state index in [0.717, 1.165) is 10.2 Å². The van der Waals surface area contributed by atoms with Gasteiger partial charge in [0.15, 0.2) is 5.78 Å². The van der Waals surface area contributed by atoms with Crippen LogP contribution in [0, 0.1) is 0 Å². The maximum atomic E-state index is 13.6. The molecule has 4 rings (SSSR count). The Morgan fingerprint density at radius 1 is 0.976 bits per heavy atom. The molecule has 3 aromatic carbocycles. The zero-order chi connectivity index (χ0) is 29.7. The predicted octanol–water partition coefficient (Wildman–Crippen LogP) is 6.14. The van der Waals surface area contributed by atoms with Crippen molar-refractivity contribution in [3.63, 3.8) is 0 Å². The largest absolute Gasteiger partial charge is 0.456 e. The summed E-state index contributed by atoms with van der Waals surface area (Å²) in [6.07, 6.45) is 1.64. The maximum absolute atomic E-state index is 13.6. The summed E-state index contributed by atoms with van der Waals surface area (Å²) in [5.41, 5.74) is 1.76. The highest BCUT2D eigenvalue weighted by Gasteiger charge is 2.25. The Balaban J connectivity index is 1.64. The lowest BCUT2D eigenvalue weighted by atomic mass is 9.99. The summed E-state index contributed by atoms with van der Waals surface area (Å²) in [5, 5.41) is 7.58. The van der Waals surface area contributed by atoms with Gasteiger partial charge < -0.3 is 10.1 Å². The Morgan fingerprint density at radius 2 is 1.66 bits per heavy atom. The first kappa shape index (κ1) is 29.4. The first-order valence-electron chi connectivity index (χ1n) is 13.0. The number of ether oxygens (including phenoxy) is 1. The lowest BCUT2D eigenvalue weighted by molar-refractivity contribution is -0.119. The minimum Gasteiger partial charge on any atom is -0.456 e. The summed E-state index contributed by atoms with van der Waals surface area (Å²) in [6, 6.07) is 20.8. The maximum Gasteiger partial charge on any atom is 0.338 e. The summed E-state index contributed by atoms with van der Waals surface area (Å²) in [6.45, 7) is 6.78. The van der Waals surface area contributed by atoms with Gasteiger partial charge in [-0.2, -0.15) is 5.10 Å². The van der Waals surface area contributed by atoms with Gasteiger partial charge in [-0.1, -0.05) is 41.9 Å². The molecular formula is C32H30ClN3O5. The number of Topliss-reactive ketones (excluding diaryl/α,β-unsaturated/α-hetero) is 1. The molecule has 0 saturated heterocycles. The second-order valence-electron chi connectivity index (χ2n) is 10.5. The van der Waals surface area contributed by atoms with E-state index >= 15 is 0 Å². The van der Waals surface area contributed by atoms with Gasteiger partial charge in [0.05, 0.1) is 11.8 Å². The Kier molecular flexibility index (Phi) is 8.83. The van der Waals surface area contributed by atoms with E-state index < -0.39 is 29.1 Å². The van der Waals surface area contributed by atoms with Gasteiger partial charge in [-0.15, -0.1) is 0 Å². The average molecular weight is 572 g/mol. The Bertz CT molecular complexity index is 1640. The standard InChI is InChI=1S/C32H30ClN3O5/c1-20(37)26-15-12-24(33)18-27(26)23-17-29(38)36(34-19-23)28(16-21-8-6-5-7-9-21)30(39)35-25-13-10-22(11-14-25)31(40)41-32(2,3)4/h5-15,17-19,28H,16H2,1-4H3,(H,35,39)/t28-/m0/s1. The molecule has 9 heteroatoms. The third-order valence-electron chi connectivity index (χ3n) is 6.15. The van der Waals surface area contributed by atoms with Crippen molar-refractivity contribution in [2.45, 2.75) is 45.8 Å². The number of carbonyl (C=O) groups excluding carboxylic acids is 3. The molecule has 1 aromatic heterocycles. The third kappa shape index (κ3) is 7.55. The number of rotatable bonds is 8. The number of anilines is 1. The van der Waals surface area contributed by atoms with Crippen molar-refractivity contribution in [1.29, 1.82) is 0 Å². The van der Waals surface area contributed by atoms with E-state index in [4.69, 9.17) is 16.3 Å². The molecule has 0 aliphatic heterocycles. The van der Waals surface area contributed by atoms with Crippen LogP contribution in [0.25, 0.3) is 11.1 Å². The number of ketones is 1. The van der Waals surface area contributed by atoms with E-state index in [9.17, 15) is 19.2 Å². The molecule has 210 valence electrons. The topological polar surface area (TPSA) is 107 Å². The van der Waals surface area contributed by atoms with Crippen molar-refractivity contribution in [2.24, 2.45) is 0 Å². The Labute approximate surface area is 242 Å². The summed E-state index contributed by atoms with van der Waals surface area (Å²) in [7, 11) is 0. The normalized spacial score (nSPS) is 11.9. The smallest absolute Gasteiger partial charge is 0.338 e. The second-order valence-corrected chi connectivity index (χ2v) is 11.0. The molecule has 1 heterocycles. The van der Waals surface area contributed by atoms with Crippen molar-refractivity contribution in [3.8, 4) is 11.1 Å². The fourth-order valence-electron chi connectivity index (χ4n) is 4.24. The second kappa shape index (κ2) is 12.3. The first-order chi connectivity index (χ1) is 19.4. The summed E-state index contributed by atoms with van der Waals surface area (Å²) in [5.74, 6) is -1.12. The number of benzene rings is 3. The number of nitrogens with zero attached hydrogens (tertiary/aromatic N) is 2. The van der Waals surface area contributed by atoms with Crippen LogP contribution in [0.2, 0.25) is 5.02 Å². The number of hydrogen-bond donors (Lipinski definition) is 1. The van der Waals surface area contributed by atoms with Gasteiger partial charge in [-0.25, -0.2) is 9.48 Å². The van der Waals surface area contributed by atoms with Crippen LogP contribution >= 0.6 is 11.6 Å². The zero-order valence-corrected chi connectivity index (χ0v) is 23.9. The van der Waals surface area contributed by atoms with E-state index in [1.807, 2.05) is 30.3 Å². The molecule has 1 N–H and O–H groups in total. The van der Waals surface area contributed by atoms with Gasteiger partial charge in [0.2, 0.25) is 5.91 Å². The van der Waals surface area contributed by atoms with Crippen molar-refractivity contribution >= 4 is 34.9 Å². The SMILES string of the molecule is CC(=O)c1ccc(Cl)cc1-c1cnn([C@@H](Cc2ccccc2)C(=O)Nc2ccc(C(=O)OC(C)(C)C)cc2)c(=O)c1. The van der Waals surface area contributed by atoms with Crippen LogP contribution in [-0.2, 0) is 16.0 Å². The van der Waals surface area contributed by atoms with Gasteiger partial charge in [0, 0.05) is 34.3 Å². The van der Waals surface area contributed by atoms with E-state index in [0.29, 0.717) is 33.0 Å². The Hall–Kier alpha value is -4.56. The van der Waals surface area contributed by atoms with Gasteiger partial charge in [-0.05, 0) is 81.3 Å². The monoisotopic (exact) mass is 571 g/mol. The average Bonchev–Trinajstić information content (AvgIpc) is 2.91. The van der Waals surface area contributed by atoms with Crippen LogP contribution in [-0.4, -0.2) is 33.0 Å². The highest BCUT2D eigenvalue weighted by Crippen LogP contribution is 2.27. The molecule has 41 heavy (non-hydrogen) atoms. The lowest BCUT2D eigenvalue weighted by Crippen LogP contribution is -2.36. The van der Waals surface area contributed by atoms with Crippen LogP contribution in [0.3, 0.4) is 0 Å². The van der Waals surface area contributed by atoms with Crippen molar-refractivity contribution in [2.75, 3.05) is 5.32 Å². The van der Waals surface area contributed by atoms with E-state index in [2.05, 4.69) is 10.4 Å². The molecule has 0 bridgehead atoms. The van der Waals surface area contributed by atoms with Crippen LogP contribution in [0.1, 0.15) is 60.0 Å². The van der Waals surface area contributed by atoms with Crippen LogP contribution in [0.15, 0.2) is 89.9 Å². The summed E-state index contributed by atoms with van der Waals surface area (Å²) >= 11 is 6.16. The third-order valence-corrected chi connectivity index (χ3v) is 6.39. The molecule has 0 radical (unpaired) electrons. The minimum absolute atomic E-state index is 0.181. The van der Waals surface area contributed by atoms with Crippen LogP contribution < -0.4 is 10.9 Å². The molecule has 1 amide bonds. The number of aromatic nitrogens is 2. The number of halogens is 1. The number of esters is 1. The summed E-state index contributed by atoms with van der Waals surface area (Å²) < 4.78 is 6.51. The highest BCUT2D eigenvalue weighted by molar-refractivity contribution is 6.31.